The fraction of sp³-hybridized carbons (Fsp3) is 0.462. The molecule has 0 radical (unpaired) electrons. The molecule has 21 heavy (non-hydrogen) atoms. The lowest BCUT2D eigenvalue weighted by Crippen LogP contribution is -2.29. The molecule has 1 aliphatic rings. The molecule has 0 aromatic heterocycles. The molecular weight excluding hydrogens is 294 g/mol. The molecule has 0 bridgehead atoms. The monoisotopic (exact) mass is 313 g/mol. The summed E-state index contributed by atoms with van der Waals surface area (Å²) >= 11 is 0. The molecule has 1 saturated heterocycles. The Morgan fingerprint density at radius 1 is 1.43 bits per heavy atom. The first-order valence-electron chi connectivity index (χ1n) is 6.80. The van der Waals surface area contributed by atoms with Crippen molar-refractivity contribution in [2.24, 2.45) is 0 Å². The number of phenolic OH excluding ortho intramolecular Hbond substituents is 1. The molecule has 1 aromatic rings. The van der Waals surface area contributed by atoms with Crippen molar-refractivity contribution in [1.29, 1.82) is 0 Å². The summed E-state index contributed by atoms with van der Waals surface area (Å²) in [7, 11) is -3.90. The van der Waals surface area contributed by atoms with Crippen LogP contribution in [0.15, 0.2) is 18.2 Å². The van der Waals surface area contributed by atoms with Crippen LogP contribution in [0.3, 0.4) is 0 Å². The number of anilines is 1. The molecule has 1 aliphatic heterocycles. The van der Waals surface area contributed by atoms with Crippen LogP contribution in [0, 0.1) is 0 Å². The minimum Gasteiger partial charge on any atom is -0.506 e. The maximum atomic E-state index is 11.8. The minimum atomic E-state index is -3.90. The highest BCUT2D eigenvalue weighted by atomic mass is 32.2. The maximum Gasteiger partial charge on any atom is 0.326 e. The number of nitrogens with one attached hydrogen (secondary N) is 2. The summed E-state index contributed by atoms with van der Waals surface area (Å²) in [5.74, 6) is -0.784. The van der Waals surface area contributed by atoms with Crippen molar-refractivity contribution in [3.05, 3.63) is 23.8 Å². The van der Waals surface area contributed by atoms with Gasteiger partial charge in [-0.05, 0) is 30.7 Å². The van der Waals surface area contributed by atoms with E-state index in [0.29, 0.717) is 6.54 Å². The molecule has 8 heteroatoms. The molecule has 116 valence electrons. The van der Waals surface area contributed by atoms with Gasteiger partial charge < -0.3 is 10.4 Å². The molecule has 0 saturated carbocycles. The van der Waals surface area contributed by atoms with Crippen molar-refractivity contribution in [3.8, 4) is 5.75 Å². The Morgan fingerprint density at radius 3 is 2.81 bits per heavy atom. The van der Waals surface area contributed by atoms with E-state index < -0.39 is 16.1 Å². The summed E-state index contributed by atoms with van der Waals surface area (Å²) in [4.78, 5) is 11.3. The summed E-state index contributed by atoms with van der Waals surface area (Å²) in [6.45, 7) is 3.22. The molecule has 1 fully saturated rings. The van der Waals surface area contributed by atoms with Crippen LogP contribution in [0.1, 0.15) is 25.3 Å². The van der Waals surface area contributed by atoms with Crippen molar-refractivity contribution in [3.63, 3.8) is 0 Å². The standard InChI is InChI=1S/C13H19N3O4S/c1-2-3-6-14-8-10-4-5-12(17)11(7-10)16-9-13(18)15-21(16,19)20/h4-5,7,14,17H,2-3,6,8-9H2,1H3,(H,15,18). The van der Waals surface area contributed by atoms with Gasteiger partial charge in [-0.25, -0.2) is 9.03 Å². The van der Waals surface area contributed by atoms with Crippen LogP contribution in [0.2, 0.25) is 0 Å². The molecule has 0 atom stereocenters. The second kappa shape index (κ2) is 6.31. The summed E-state index contributed by atoms with van der Waals surface area (Å²) in [5, 5.41) is 13.1. The number of hydrogen-bond acceptors (Lipinski definition) is 5. The Kier molecular flexibility index (Phi) is 4.69. The predicted molar refractivity (Wildman–Crippen MR) is 79.1 cm³/mol. The largest absolute Gasteiger partial charge is 0.506 e. The van der Waals surface area contributed by atoms with Crippen molar-refractivity contribution < 1.29 is 18.3 Å². The smallest absolute Gasteiger partial charge is 0.326 e. The predicted octanol–water partition coefficient (Wildman–Crippen LogP) is 0.463. The molecule has 1 amide bonds. The fourth-order valence-electron chi connectivity index (χ4n) is 2.07. The van der Waals surface area contributed by atoms with Crippen LogP contribution in [0.4, 0.5) is 5.69 Å². The van der Waals surface area contributed by atoms with E-state index in [1.165, 1.54) is 6.07 Å². The zero-order valence-corrected chi connectivity index (χ0v) is 12.6. The Hall–Kier alpha value is -1.80. The van der Waals surface area contributed by atoms with Gasteiger partial charge >= 0.3 is 10.2 Å². The second-order valence-electron chi connectivity index (χ2n) is 4.89. The number of hydrogen-bond donors (Lipinski definition) is 3. The third kappa shape index (κ3) is 3.64. The van der Waals surface area contributed by atoms with Crippen molar-refractivity contribution >= 4 is 21.8 Å². The first-order chi connectivity index (χ1) is 9.94. The van der Waals surface area contributed by atoms with Crippen molar-refractivity contribution in [2.45, 2.75) is 26.3 Å². The topological polar surface area (TPSA) is 98.7 Å². The van der Waals surface area contributed by atoms with Gasteiger partial charge in [0.05, 0.1) is 5.69 Å². The fourth-order valence-corrected chi connectivity index (χ4v) is 3.23. The molecule has 7 nitrogen and oxygen atoms in total. The highest BCUT2D eigenvalue weighted by Gasteiger charge is 2.35. The Balaban J connectivity index is 2.18. The quantitative estimate of drug-likeness (QED) is 0.663. The summed E-state index contributed by atoms with van der Waals surface area (Å²) in [6.07, 6.45) is 2.15. The molecule has 1 heterocycles. The number of benzene rings is 1. The van der Waals surface area contributed by atoms with Gasteiger partial charge in [-0.3, -0.25) is 4.79 Å². The number of nitrogens with zero attached hydrogens (tertiary/aromatic N) is 1. The third-order valence-corrected chi connectivity index (χ3v) is 4.56. The Morgan fingerprint density at radius 2 is 2.19 bits per heavy atom. The summed E-state index contributed by atoms with van der Waals surface area (Å²) in [6, 6.07) is 4.73. The number of rotatable bonds is 6. The van der Waals surface area contributed by atoms with Crippen LogP contribution in [-0.2, 0) is 21.5 Å². The number of aromatic hydroxyl groups is 1. The average Bonchev–Trinajstić information content (AvgIpc) is 2.69. The highest BCUT2D eigenvalue weighted by Crippen LogP contribution is 2.31. The lowest BCUT2D eigenvalue weighted by molar-refractivity contribution is -0.117. The summed E-state index contributed by atoms with van der Waals surface area (Å²) < 4.78 is 26.4. The highest BCUT2D eigenvalue weighted by molar-refractivity contribution is 7.92. The number of unbranched alkanes of at least 4 members (excludes halogenated alkanes) is 1. The normalized spacial score (nSPS) is 17.0. The van der Waals surface area contributed by atoms with Gasteiger partial charge in [0.25, 0.3) is 5.91 Å². The van der Waals surface area contributed by atoms with Crippen LogP contribution in [0.5, 0.6) is 5.75 Å². The summed E-state index contributed by atoms with van der Waals surface area (Å²) in [5.41, 5.74) is 0.955. The van der Waals surface area contributed by atoms with Crippen LogP contribution in [-0.4, -0.2) is 32.5 Å². The van der Waals surface area contributed by atoms with E-state index in [4.69, 9.17) is 0 Å². The van der Waals surface area contributed by atoms with E-state index in [-0.39, 0.29) is 18.0 Å². The Labute approximate surface area is 124 Å². The van der Waals surface area contributed by atoms with E-state index in [0.717, 1.165) is 29.3 Å². The van der Waals surface area contributed by atoms with Gasteiger partial charge in [-0.2, -0.15) is 8.42 Å². The van der Waals surface area contributed by atoms with Gasteiger partial charge in [0, 0.05) is 6.54 Å². The zero-order chi connectivity index (χ0) is 15.5. The average molecular weight is 313 g/mol. The van der Waals surface area contributed by atoms with Gasteiger partial charge in [-0.1, -0.05) is 19.4 Å². The molecule has 0 spiro atoms. The van der Waals surface area contributed by atoms with E-state index in [2.05, 4.69) is 12.2 Å². The molecule has 0 unspecified atom stereocenters. The maximum absolute atomic E-state index is 11.8. The number of carbonyl (C=O) groups excluding carboxylic acids is 1. The van der Waals surface area contributed by atoms with Crippen LogP contribution < -0.4 is 14.3 Å². The SMILES string of the molecule is CCCCNCc1ccc(O)c(N2CC(=O)NS2(=O)=O)c1. The number of amides is 1. The van der Waals surface area contributed by atoms with Gasteiger partial charge in [0.2, 0.25) is 0 Å². The van der Waals surface area contributed by atoms with E-state index in [1.807, 2.05) is 4.72 Å². The van der Waals surface area contributed by atoms with E-state index >= 15 is 0 Å². The molecule has 2 rings (SSSR count). The molecular formula is C13H19N3O4S. The first kappa shape index (κ1) is 15.6. The van der Waals surface area contributed by atoms with E-state index in [9.17, 15) is 18.3 Å². The van der Waals surface area contributed by atoms with Crippen LogP contribution in [0.25, 0.3) is 0 Å². The zero-order valence-electron chi connectivity index (χ0n) is 11.8. The second-order valence-corrected chi connectivity index (χ2v) is 6.49. The minimum absolute atomic E-state index is 0.114. The third-order valence-electron chi connectivity index (χ3n) is 3.16. The first-order valence-corrected chi connectivity index (χ1v) is 8.24. The lowest BCUT2D eigenvalue weighted by Gasteiger charge is -2.17. The molecule has 1 aromatic carbocycles. The van der Waals surface area contributed by atoms with E-state index in [1.54, 1.807) is 12.1 Å². The number of carbonyl (C=O) groups is 1. The van der Waals surface area contributed by atoms with Crippen molar-refractivity contribution in [2.75, 3.05) is 17.4 Å². The number of phenols is 1. The van der Waals surface area contributed by atoms with Gasteiger partial charge in [-0.15, -0.1) is 0 Å². The molecule has 0 aliphatic carbocycles. The van der Waals surface area contributed by atoms with Gasteiger partial charge in [0.15, 0.2) is 0 Å². The molecule has 3 N–H and O–H groups in total. The Bertz CT molecular complexity index is 630. The van der Waals surface area contributed by atoms with Crippen molar-refractivity contribution in [1.82, 2.24) is 10.0 Å². The lowest BCUT2D eigenvalue weighted by atomic mass is 10.1. The van der Waals surface area contributed by atoms with Gasteiger partial charge in [0.1, 0.15) is 12.3 Å². The van der Waals surface area contributed by atoms with Crippen LogP contribution >= 0.6 is 0 Å².